The van der Waals surface area contributed by atoms with E-state index in [9.17, 15) is 14.8 Å². The van der Waals surface area contributed by atoms with Crippen molar-refractivity contribution in [1.29, 1.82) is 0 Å². The molecule has 0 saturated carbocycles. The molecule has 0 unspecified atom stereocenters. The summed E-state index contributed by atoms with van der Waals surface area (Å²) in [5, 5.41) is 28.3. The third-order valence-electron chi connectivity index (χ3n) is 5.41. The number of amides is 2. The molecule has 0 bridgehead atoms. The van der Waals surface area contributed by atoms with Crippen LogP contribution in [-0.4, -0.2) is 49.8 Å². The molecule has 0 radical (unpaired) electrons. The molecule has 37 heavy (non-hydrogen) atoms. The number of thioether (sulfide) groups is 1. The van der Waals surface area contributed by atoms with Crippen molar-refractivity contribution >= 4 is 40.6 Å². The van der Waals surface area contributed by atoms with E-state index in [1.807, 2.05) is 0 Å². The Bertz CT molecular complexity index is 1160. The van der Waals surface area contributed by atoms with Gasteiger partial charge in [-0.2, -0.15) is 9.02 Å². The molecule has 1 N–H and O–H groups in total. The van der Waals surface area contributed by atoms with Gasteiger partial charge >= 0.3 is 0 Å². The van der Waals surface area contributed by atoms with Crippen LogP contribution < -0.4 is 10.6 Å². The van der Waals surface area contributed by atoms with E-state index in [1.165, 1.54) is 30.4 Å². The van der Waals surface area contributed by atoms with E-state index in [1.54, 1.807) is 60.5 Å². The van der Waals surface area contributed by atoms with Gasteiger partial charge in [-0.1, -0.05) is 57.2 Å². The fraction of sp³-hybridized carbons (Fsp3) is 0.375. The van der Waals surface area contributed by atoms with Crippen molar-refractivity contribution in [2.24, 2.45) is 0 Å². The van der Waals surface area contributed by atoms with E-state index in [2.05, 4.69) is 37.1 Å². The maximum Gasteiger partial charge on any atom is 0.289 e. The smallest absolute Gasteiger partial charge is 0.289 e. The number of carbonyl (C=O) groups excluding carboxylic acids is 2. The molecule has 0 spiro atoms. The summed E-state index contributed by atoms with van der Waals surface area (Å²) in [6.45, 7) is 2.86. The van der Waals surface area contributed by atoms with Gasteiger partial charge in [-0.25, -0.2) is 0 Å². The SMILES string of the molecule is CCCCCCCCN(C)C(=O)Sc1nnnn1-c1cccc(NC(=O)c2ccccc2SOO[O-])c1. The summed E-state index contributed by atoms with van der Waals surface area (Å²) < 4.78 is 5.80. The zero-order valence-corrected chi connectivity index (χ0v) is 22.3. The predicted octanol–water partition coefficient (Wildman–Crippen LogP) is 4.65. The van der Waals surface area contributed by atoms with Gasteiger partial charge in [0, 0.05) is 31.0 Å². The van der Waals surface area contributed by atoms with Gasteiger partial charge in [-0.3, -0.25) is 14.6 Å². The van der Waals surface area contributed by atoms with E-state index < -0.39 is 5.91 Å². The largest absolute Gasteiger partial charge is 0.691 e. The molecule has 198 valence electrons. The first kappa shape index (κ1) is 28.6. The van der Waals surface area contributed by atoms with Gasteiger partial charge in [0.1, 0.15) is 0 Å². The zero-order valence-electron chi connectivity index (χ0n) is 20.7. The van der Waals surface area contributed by atoms with Crippen LogP contribution in [0.5, 0.6) is 0 Å². The first-order chi connectivity index (χ1) is 18.0. The number of unbranched alkanes of at least 4 members (excludes halogenated alkanes) is 5. The molecule has 0 aliphatic rings. The van der Waals surface area contributed by atoms with Gasteiger partial charge in [0.15, 0.2) is 0 Å². The minimum Gasteiger partial charge on any atom is -0.691 e. The summed E-state index contributed by atoms with van der Waals surface area (Å²) >= 11 is 1.59. The molecule has 0 aliphatic heterocycles. The first-order valence-electron chi connectivity index (χ1n) is 11.9. The summed E-state index contributed by atoms with van der Waals surface area (Å²) in [5.74, 6) is -0.410. The Morgan fingerprint density at radius 2 is 1.86 bits per heavy atom. The van der Waals surface area contributed by atoms with Crippen LogP contribution in [0.15, 0.2) is 58.6 Å². The van der Waals surface area contributed by atoms with Crippen LogP contribution in [0.4, 0.5) is 10.5 Å². The maximum atomic E-state index is 12.8. The van der Waals surface area contributed by atoms with Crippen molar-refractivity contribution in [3.05, 3.63) is 54.1 Å². The average Bonchev–Trinajstić information content (AvgIpc) is 3.37. The fourth-order valence-corrected chi connectivity index (χ4v) is 4.67. The number of anilines is 1. The zero-order chi connectivity index (χ0) is 26.5. The van der Waals surface area contributed by atoms with Crippen LogP contribution in [0, 0.1) is 0 Å². The van der Waals surface area contributed by atoms with Gasteiger partial charge in [-0.05, 0) is 47.2 Å². The molecule has 2 amide bonds. The van der Waals surface area contributed by atoms with Crippen molar-refractivity contribution in [1.82, 2.24) is 25.1 Å². The Morgan fingerprint density at radius 3 is 2.68 bits per heavy atom. The Balaban J connectivity index is 1.62. The highest BCUT2D eigenvalue weighted by molar-refractivity contribution is 8.13. The molecule has 13 heteroatoms. The highest BCUT2D eigenvalue weighted by atomic mass is 32.2. The third kappa shape index (κ3) is 8.83. The van der Waals surface area contributed by atoms with Gasteiger partial charge in [0.2, 0.25) is 5.16 Å². The van der Waals surface area contributed by atoms with Crippen molar-refractivity contribution in [3.63, 3.8) is 0 Å². The lowest BCUT2D eigenvalue weighted by molar-refractivity contribution is -0.777. The third-order valence-corrected chi connectivity index (χ3v) is 6.99. The summed E-state index contributed by atoms with van der Waals surface area (Å²) in [7, 11) is 1.77. The standard InChI is InChI=1S/C24H30N6O5S2/c1-3-4-5-6-7-10-16-29(2)24(32)36-23-26-27-28-30(23)19-13-11-12-18(17-19)25-22(31)20-14-8-9-15-21(20)37-35-34-33/h8-9,11-15,17,33H,3-7,10,16H2,1-2H3,(H,25,31)/p-1. The molecule has 1 aromatic heterocycles. The number of rotatable bonds is 14. The second kappa shape index (κ2) is 15.3. The minimum absolute atomic E-state index is 0.146. The number of nitrogens with one attached hydrogen (secondary N) is 1. The van der Waals surface area contributed by atoms with Gasteiger partial charge < -0.3 is 15.5 Å². The van der Waals surface area contributed by atoms with Crippen molar-refractivity contribution in [2.75, 3.05) is 18.9 Å². The maximum absolute atomic E-state index is 12.8. The van der Waals surface area contributed by atoms with E-state index in [0.717, 1.165) is 24.6 Å². The molecule has 0 fully saturated rings. The molecule has 2 aromatic carbocycles. The second-order valence-corrected chi connectivity index (χ2v) is 9.81. The molecule has 3 aromatic rings. The molecule has 0 aliphatic carbocycles. The van der Waals surface area contributed by atoms with Crippen molar-refractivity contribution in [2.45, 2.75) is 55.5 Å². The predicted molar refractivity (Wildman–Crippen MR) is 139 cm³/mol. The molecule has 0 atom stereocenters. The van der Waals surface area contributed by atoms with Crippen molar-refractivity contribution in [3.8, 4) is 5.69 Å². The first-order valence-corrected chi connectivity index (χ1v) is 13.4. The average molecular weight is 546 g/mol. The number of benzene rings is 2. The Morgan fingerprint density at radius 1 is 1.08 bits per heavy atom. The van der Waals surface area contributed by atoms with Gasteiger partial charge in [0.25, 0.3) is 11.1 Å². The Hall–Kier alpha value is -2.97. The lowest BCUT2D eigenvalue weighted by Gasteiger charge is -2.16. The van der Waals surface area contributed by atoms with Crippen molar-refractivity contribution < 1.29 is 24.2 Å². The fourth-order valence-electron chi connectivity index (χ4n) is 3.47. The lowest BCUT2D eigenvalue weighted by atomic mass is 10.1. The van der Waals surface area contributed by atoms with E-state index in [4.69, 9.17) is 0 Å². The molecular formula is C24H29N6O5S2-. The van der Waals surface area contributed by atoms with E-state index in [-0.39, 0.29) is 5.24 Å². The van der Waals surface area contributed by atoms with Gasteiger partial charge in [0.05, 0.1) is 28.2 Å². The normalized spacial score (nSPS) is 10.9. The van der Waals surface area contributed by atoms with Crippen LogP contribution in [0.1, 0.15) is 55.8 Å². The highest BCUT2D eigenvalue weighted by Crippen LogP contribution is 2.26. The number of hydrogen-bond donors (Lipinski definition) is 1. The number of aromatic nitrogens is 4. The molecule has 3 rings (SSSR count). The van der Waals surface area contributed by atoms with E-state index in [0.29, 0.717) is 45.6 Å². The van der Waals surface area contributed by atoms with Crippen LogP contribution >= 0.6 is 23.8 Å². The molecule has 0 saturated heterocycles. The quantitative estimate of drug-likeness (QED) is 0.100. The summed E-state index contributed by atoms with van der Waals surface area (Å²) in [4.78, 5) is 27.7. The number of hydrogen-bond acceptors (Lipinski definition) is 10. The highest BCUT2D eigenvalue weighted by Gasteiger charge is 2.18. The number of tetrazole rings is 1. The summed E-state index contributed by atoms with van der Waals surface area (Å²) in [6.07, 6.45) is 6.92. The Kier molecular flexibility index (Phi) is 11.8. The van der Waals surface area contributed by atoms with E-state index >= 15 is 0 Å². The van der Waals surface area contributed by atoms with Gasteiger partial charge in [-0.15, -0.1) is 5.10 Å². The summed E-state index contributed by atoms with van der Waals surface area (Å²) in [5.41, 5.74) is 1.36. The number of nitrogens with zero attached hydrogens (tertiary/aromatic N) is 5. The second-order valence-electron chi connectivity index (χ2n) is 8.15. The lowest BCUT2D eigenvalue weighted by Crippen LogP contribution is -2.24. The summed E-state index contributed by atoms with van der Waals surface area (Å²) in [6, 6.07) is 13.5. The topological polar surface area (TPSA) is 135 Å². The van der Waals surface area contributed by atoms with Crippen LogP contribution in [-0.2, 0) is 9.37 Å². The molecule has 11 nitrogen and oxygen atoms in total. The minimum atomic E-state index is -0.410. The molecule has 1 heterocycles. The monoisotopic (exact) mass is 545 g/mol. The van der Waals surface area contributed by atoms with Crippen LogP contribution in [0.3, 0.4) is 0 Å². The number of carbonyl (C=O) groups is 2. The Labute approximate surface area is 224 Å². The van der Waals surface area contributed by atoms with Crippen LogP contribution in [0.25, 0.3) is 5.69 Å². The van der Waals surface area contributed by atoms with Crippen LogP contribution in [0.2, 0.25) is 0 Å². The molecular weight excluding hydrogens is 516 g/mol.